The van der Waals surface area contributed by atoms with Crippen LogP contribution in [0.3, 0.4) is 0 Å². The van der Waals surface area contributed by atoms with Gasteiger partial charge < -0.3 is 9.30 Å². The van der Waals surface area contributed by atoms with E-state index >= 15 is 8.78 Å². The number of alkyl halides is 1. The highest BCUT2D eigenvalue weighted by atomic mass is 19.1. The van der Waals surface area contributed by atoms with Crippen molar-refractivity contribution < 1.29 is 13.5 Å². The highest BCUT2D eigenvalue weighted by Crippen LogP contribution is 2.37. The molecule has 4 heterocycles. The molecule has 8 nitrogen and oxygen atoms in total. The molecule has 10 heteroatoms. The fourth-order valence-corrected chi connectivity index (χ4v) is 5.60. The van der Waals surface area contributed by atoms with E-state index in [0.29, 0.717) is 52.1 Å². The molecule has 0 radical (unpaired) electrons. The second-order valence-electron chi connectivity index (χ2n) is 10.2. The molecule has 0 spiro atoms. The molecule has 1 aliphatic rings. The van der Waals surface area contributed by atoms with Gasteiger partial charge in [-0.2, -0.15) is 5.26 Å². The van der Waals surface area contributed by atoms with Crippen LogP contribution in [0.25, 0.3) is 33.1 Å². The second-order valence-corrected chi connectivity index (χ2v) is 10.2. The van der Waals surface area contributed by atoms with Crippen molar-refractivity contribution in [2.24, 2.45) is 0 Å². The van der Waals surface area contributed by atoms with Crippen molar-refractivity contribution in [3.63, 3.8) is 0 Å². The Morgan fingerprint density at radius 2 is 1.90 bits per heavy atom. The molecular weight excluding hydrogens is 512 g/mol. The molecule has 40 heavy (non-hydrogen) atoms. The summed E-state index contributed by atoms with van der Waals surface area (Å²) in [6.45, 7) is 6.59. The first-order chi connectivity index (χ1) is 19.3. The van der Waals surface area contributed by atoms with Crippen molar-refractivity contribution in [3.05, 3.63) is 71.7 Å². The van der Waals surface area contributed by atoms with Crippen LogP contribution in [0.2, 0.25) is 0 Å². The van der Waals surface area contributed by atoms with Crippen LogP contribution < -0.4 is 4.74 Å². The maximum absolute atomic E-state index is 15.5. The Bertz CT molecular complexity index is 1800. The minimum Gasteiger partial charge on any atom is -0.424 e. The molecule has 5 aromatic rings. The third kappa shape index (κ3) is 4.62. The number of aryl methyl sites for hydroxylation is 3. The lowest BCUT2D eigenvalue weighted by atomic mass is 9.97. The maximum atomic E-state index is 15.5. The summed E-state index contributed by atoms with van der Waals surface area (Å²) in [7, 11) is 0. The highest BCUT2D eigenvalue weighted by molar-refractivity contribution is 6.04. The molecule has 0 saturated carbocycles. The third-order valence-electron chi connectivity index (χ3n) is 7.47. The van der Waals surface area contributed by atoms with Crippen LogP contribution >= 0.6 is 0 Å². The molecule has 1 fully saturated rings. The zero-order valence-electron chi connectivity index (χ0n) is 22.4. The van der Waals surface area contributed by atoms with E-state index in [1.54, 1.807) is 30.6 Å². The van der Waals surface area contributed by atoms with Gasteiger partial charge in [0.15, 0.2) is 0 Å². The summed E-state index contributed by atoms with van der Waals surface area (Å²) < 4.78 is 38.7. The molecule has 0 unspecified atom stereocenters. The van der Waals surface area contributed by atoms with E-state index in [9.17, 15) is 0 Å². The van der Waals surface area contributed by atoms with Gasteiger partial charge in [-0.25, -0.2) is 23.7 Å². The molecule has 0 aliphatic carbocycles. The predicted molar refractivity (Wildman–Crippen MR) is 147 cm³/mol. The van der Waals surface area contributed by atoms with E-state index in [4.69, 9.17) is 10.00 Å². The number of nitrogens with zero attached hydrogens (tertiary/aromatic N) is 7. The standard InChI is InChI=1S/C30H27F2N7O/c1-17-12-20(40-30-34-9-6-18(2)36-30)4-5-21(17)22-13-23-26(14-24(22)31)35-15-27-29(23)39(19(3)37-27)28-7-10-38(11-8-33)16-25(28)32/h4-6,9,12-15,25,28H,7,10-11,16H2,1-3H3/t25-,28-/m0/s1. The Hall–Kier alpha value is -4.49. The van der Waals surface area contributed by atoms with Gasteiger partial charge >= 0.3 is 6.01 Å². The van der Waals surface area contributed by atoms with E-state index in [1.165, 1.54) is 6.07 Å². The second kappa shape index (κ2) is 10.2. The predicted octanol–water partition coefficient (Wildman–Crippen LogP) is 6.01. The molecule has 1 saturated heterocycles. The number of benzene rings is 2. The lowest BCUT2D eigenvalue weighted by molar-refractivity contribution is 0.0996. The van der Waals surface area contributed by atoms with Gasteiger partial charge in [-0.15, -0.1) is 0 Å². The molecule has 2 aromatic carbocycles. The monoisotopic (exact) mass is 539 g/mol. The molecule has 0 N–H and O–H groups in total. The Morgan fingerprint density at radius 3 is 2.65 bits per heavy atom. The summed E-state index contributed by atoms with van der Waals surface area (Å²) in [4.78, 5) is 19.4. The van der Waals surface area contributed by atoms with Crippen LogP contribution in [0.1, 0.15) is 29.5 Å². The van der Waals surface area contributed by atoms with Crippen LogP contribution in [0.5, 0.6) is 11.8 Å². The molecule has 6 rings (SSSR count). The van der Waals surface area contributed by atoms with Crippen molar-refractivity contribution >= 4 is 21.9 Å². The van der Waals surface area contributed by atoms with E-state index in [0.717, 1.165) is 16.8 Å². The van der Waals surface area contributed by atoms with Gasteiger partial charge in [0.1, 0.15) is 29.1 Å². The first-order valence-corrected chi connectivity index (χ1v) is 13.1. The average Bonchev–Trinajstić information content (AvgIpc) is 3.25. The molecule has 202 valence electrons. The van der Waals surface area contributed by atoms with Gasteiger partial charge in [0, 0.05) is 42.0 Å². The van der Waals surface area contributed by atoms with Crippen LogP contribution in [0.15, 0.2) is 48.8 Å². The normalized spacial score (nSPS) is 17.8. The van der Waals surface area contributed by atoms with Gasteiger partial charge in [0.2, 0.25) is 0 Å². The number of ether oxygens (including phenoxy) is 1. The van der Waals surface area contributed by atoms with E-state index in [2.05, 4.69) is 26.0 Å². The summed E-state index contributed by atoms with van der Waals surface area (Å²) in [6.07, 6.45) is 2.61. The summed E-state index contributed by atoms with van der Waals surface area (Å²) >= 11 is 0. The fourth-order valence-electron chi connectivity index (χ4n) is 5.60. The number of fused-ring (bicyclic) bond motifs is 3. The number of halogens is 2. The zero-order chi connectivity index (χ0) is 28.0. The number of pyridine rings is 1. The molecule has 0 amide bonds. The number of aromatic nitrogens is 5. The topological polar surface area (TPSA) is 92.8 Å². The first kappa shape index (κ1) is 25.8. The number of piperidine rings is 1. The molecule has 2 atom stereocenters. The first-order valence-electron chi connectivity index (χ1n) is 13.1. The third-order valence-corrected chi connectivity index (χ3v) is 7.47. The molecule has 3 aromatic heterocycles. The van der Waals surface area contributed by atoms with Crippen molar-refractivity contribution in [2.45, 2.75) is 39.4 Å². The van der Waals surface area contributed by atoms with Gasteiger partial charge in [-0.05, 0) is 62.6 Å². The van der Waals surface area contributed by atoms with Crippen molar-refractivity contribution in [1.82, 2.24) is 29.4 Å². The lowest BCUT2D eigenvalue weighted by Crippen LogP contribution is -2.43. The van der Waals surface area contributed by atoms with Crippen molar-refractivity contribution in [2.75, 3.05) is 19.6 Å². The Morgan fingerprint density at radius 1 is 1.05 bits per heavy atom. The minimum atomic E-state index is -1.17. The van der Waals surface area contributed by atoms with E-state index in [-0.39, 0.29) is 19.1 Å². The summed E-state index contributed by atoms with van der Waals surface area (Å²) in [6, 6.07) is 12.3. The molecule has 0 bridgehead atoms. The summed E-state index contributed by atoms with van der Waals surface area (Å²) in [5.41, 5.74) is 4.54. The molecular formula is C30H27F2N7O. The molecule has 1 aliphatic heterocycles. The van der Waals surface area contributed by atoms with Crippen LogP contribution in [-0.2, 0) is 0 Å². The lowest BCUT2D eigenvalue weighted by Gasteiger charge is -2.35. The number of hydrogen-bond acceptors (Lipinski definition) is 7. The summed E-state index contributed by atoms with van der Waals surface area (Å²) in [5, 5.41) is 9.74. The Balaban J connectivity index is 1.43. The Kier molecular flexibility index (Phi) is 6.60. The maximum Gasteiger partial charge on any atom is 0.322 e. The number of hydrogen-bond donors (Lipinski definition) is 0. The largest absolute Gasteiger partial charge is 0.424 e. The number of likely N-dealkylation sites (tertiary alicyclic amines) is 1. The number of rotatable bonds is 5. The fraction of sp³-hybridized carbons (Fsp3) is 0.300. The zero-order valence-corrected chi connectivity index (χ0v) is 22.4. The van der Waals surface area contributed by atoms with Crippen LogP contribution in [0, 0.1) is 37.9 Å². The van der Waals surface area contributed by atoms with E-state index < -0.39 is 18.0 Å². The van der Waals surface area contributed by atoms with Gasteiger partial charge in [-0.3, -0.25) is 9.88 Å². The summed E-state index contributed by atoms with van der Waals surface area (Å²) in [5.74, 6) is 0.809. The van der Waals surface area contributed by atoms with Gasteiger partial charge in [0.25, 0.3) is 0 Å². The van der Waals surface area contributed by atoms with Crippen LogP contribution in [-0.4, -0.2) is 55.2 Å². The van der Waals surface area contributed by atoms with Crippen LogP contribution in [0.4, 0.5) is 8.78 Å². The van der Waals surface area contributed by atoms with Crippen molar-refractivity contribution in [1.29, 1.82) is 5.26 Å². The Labute approximate surface area is 229 Å². The minimum absolute atomic E-state index is 0.182. The van der Waals surface area contributed by atoms with E-state index in [1.807, 2.05) is 42.4 Å². The number of imidazole rings is 1. The van der Waals surface area contributed by atoms with Gasteiger partial charge in [0.05, 0.1) is 35.9 Å². The smallest absolute Gasteiger partial charge is 0.322 e. The highest BCUT2D eigenvalue weighted by Gasteiger charge is 2.33. The van der Waals surface area contributed by atoms with Gasteiger partial charge in [-0.1, -0.05) is 6.07 Å². The average molecular weight is 540 g/mol. The van der Waals surface area contributed by atoms with Crippen molar-refractivity contribution in [3.8, 4) is 29.0 Å². The quantitative estimate of drug-likeness (QED) is 0.253. The SMILES string of the molecule is Cc1ccnc(Oc2ccc(-c3cc4c(cc3F)ncc3nc(C)n([C@H]5CCN(CC#N)C[C@@H]5F)c34)c(C)c2)n1. The number of nitriles is 1.